The van der Waals surface area contributed by atoms with E-state index in [4.69, 9.17) is 5.11 Å². The predicted molar refractivity (Wildman–Crippen MR) is 79.3 cm³/mol. The van der Waals surface area contributed by atoms with E-state index in [0.29, 0.717) is 5.69 Å². The molecule has 1 aromatic carbocycles. The Morgan fingerprint density at radius 2 is 1.95 bits per heavy atom. The molecule has 0 aliphatic heterocycles. The van der Waals surface area contributed by atoms with Crippen LogP contribution in [0.3, 0.4) is 0 Å². The van der Waals surface area contributed by atoms with Crippen LogP contribution in [0.1, 0.15) is 10.4 Å². The lowest BCUT2D eigenvalue weighted by Crippen LogP contribution is -2.35. The van der Waals surface area contributed by atoms with Crippen LogP contribution in [0.2, 0.25) is 0 Å². The van der Waals surface area contributed by atoms with E-state index in [1.54, 1.807) is 12.1 Å². The molecule has 0 aliphatic rings. The minimum Gasteiger partial charge on any atom is -0.480 e. The second-order valence-corrected chi connectivity index (χ2v) is 5.42. The zero-order chi connectivity index (χ0) is 14.4. The third-order valence-corrected chi connectivity index (χ3v) is 4.76. The fourth-order valence-corrected chi connectivity index (χ4v) is 2.14. The molecule has 19 heavy (non-hydrogen) atoms. The van der Waals surface area contributed by atoms with Crippen molar-refractivity contribution in [3.05, 3.63) is 29.8 Å². The Morgan fingerprint density at radius 1 is 1.37 bits per heavy atom. The number of ether oxygens (including phenoxy) is 1. The average molecular weight is 395 g/mol. The number of hydrogen-bond acceptors (Lipinski definition) is 3. The number of anilines is 1. The van der Waals surface area contributed by atoms with Gasteiger partial charge in [-0.2, -0.15) is 0 Å². The standard InChI is InChI=1S/C12H13Br2NO4/c1-19-12(18)15(7-11(16)17)9-4-2-8(3-5-9)10(14)6-13/h2-5,10H,6-7H2,1H3,(H,16,17). The Labute approximate surface area is 127 Å². The SMILES string of the molecule is COC(=O)N(CC(=O)O)c1ccc(C(Br)CBr)cc1. The van der Waals surface area contributed by atoms with Gasteiger partial charge in [-0.3, -0.25) is 9.69 Å². The summed E-state index contributed by atoms with van der Waals surface area (Å²) in [7, 11) is 1.21. The second kappa shape index (κ2) is 7.49. The van der Waals surface area contributed by atoms with Crippen LogP contribution in [0.25, 0.3) is 0 Å². The van der Waals surface area contributed by atoms with Crippen molar-refractivity contribution < 1.29 is 19.4 Å². The van der Waals surface area contributed by atoms with E-state index in [9.17, 15) is 9.59 Å². The number of amides is 1. The number of rotatable bonds is 5. The highest BCUT2D eigenvalue weighted by Gasteiger charge is 2.19. The molecule has 7 heteroatoms. The van der Waals surface area contributed by atoms with Crippen molar-refractivity contribution in [1.29, 1.82) is 0 Å². The van der Waals surface area contributed by atoms with Crippen LogP contribution >= 0.6 is 31.9 Å². The lowest BCUT2D eigenvalue weighted by atomic mass is 10.1. The Kier molecular flexibility index (Phi) is 6.30. The van der Waals surface area contributed by atoms with Gasteiger partial charge in [-0.25, -0.2) is 4.79 Å². The van der Waals surface area contributed by atoms with E-state index in [1.165, 1.54) is 7.11 Å². The molecule has 0 aliphatic carbocycles. The Morgan fingerprint density at radius 3 is 2.37 bits per heavy atom. The summed E-state index contributed by atoms with van der Waals surface area (Å²) < 4.78 is 4.57. The summed E-state index contributed by atoms with van der Waals surface area (Å²) in [6, 6.07) is 7.03. The van der Waals surface area contributed by atoms with Crippen LogP contribution in [-0.2, 0) is 9.53 Å². The maximum atomic E-state index is 11.5. The predicted octanol–water partition coefficient (Wildman–Crippen LogP) is 3.17. The minimum absolute atomic E-state index is 0.160. The topological polar surface area (TPSA) is 66.8 Å². The first-order valence-electron chi connectivity index (χ1n) is 5.36. The maximum Gasteiger partial charge on any atom is 0.414 e. The number of methoxy groups -OCH3 is 1. The molecular formula is C12H13Br2NO4. The third kappa shape index (κ3) is 4.50. The quantitative estimate of drug-likeness (QED) is 0.779. The third-order valence-electron chi connectivity index (χ3n) is 2.39. The van der Waals surface area contributed by atoms with Gasteiger partial charge in [-0.05, 0) is 17.7 Å². The van der Waals surface area contributed by atoms with Gasteiger partial charge in [-0.15, -0.1) is 0 Å². The molecule has 5 nitrogen and oxygen atoms in total. The molecule has 0 fully saturated rings. The molecule has 0 saturated carbocycles. The smallest absolute Gasteiger partial charge is 0.414 e. The van der Waals surface area contributed by atoms with E-state index in [0.717, 1.165) is 15.8 Å². The van der Waals surface area contributed by atoms with Crippen molar-refractivity contribution in [3.63, 3.8) is 0 Å². The number of carbonyl (C=O) groups is 2. The Balaban J connectivity index is 2.96. The molecule has 0 bridgehead atoms. The monoisotopic (exact) mass is 393 g/mol. The van der Waals surface area contributed by atoms with Crippen molar-refractivity contribution in [2.24, 2.45) is 0 Å². The zero-order valence-corrected chi connectivity index (χ0v) is 13.3. The van der Waals surface area contributed by atoms with Crippen molar-refractivity contribution in [1.82, 2.24) is 0 Å². The molecule has 0 spiro atoms. The summed E-state index contributed by atoms with van der Waals surface area (Å²) in [5, 5.41) is 9.56. The minimum atomic E-state index is -1.10. The molecule has 0 radical (unpaired) electrons. The number of alkyl halides is 2. The highest BCUT2D eigenvalue weighted by Crippen LogP contribution is 2.26. The summed E-state index contributed by atoms with van der Waals surface area (Å²) in [6.45, 7) is -0.442. The molecule has 1 amide bonds. The molecule has 1 N–H and O–H groups in total. The number of carboxylic acid groups (broad SMARTS) is 1. The van der Waals surface area contributed by atoms with Crippen molar-refractivity contribution >= 4 is 49.6 Å². The molecule has 0 aromatic heterocycles. The molecule has 1 atom stereocenters. The molecule has 1 unspecified atom stereocenters. The lowest BCUT2D eigenvalue weighted by molar-refractivity contribution is -0.135. The van der Waals surface area contributed by atoms with Crippen LogP contribution in [0.4, 0.5) is 10.5 Å². The average Bonchev–Trinajstić information content (AvgIpc) is 2.43. The van der Waals surface area contributed by atoms with E-state index in [2.05, 4.69) is 36.6 Å². The van der Waals surface area contributed by atoms with Crippen LogP contribution in [-0.4, -0.2) is 36.2 Å². The molecule has 1 rings (SSSR count). The summed E-state index contributed by atoms with van der Waals surface area (Å²) in [6.07, 6.45) is -0.703. The van der Waals surface area contributed by atoms with E-state index in [1.807, 2.05) is 12.1 Å². The van der Waals surface area contributed by atoms with Gasteiger partial charge in [-0.1, -0.05) is 44.0 Å². The normalized spacial score (nSPS) is 11.7. The van der Waals surface area contributed by atoms with Gasteiger partial charge in [0.1, 0.15) is 6.54 Å². The van der Waals surface area contributed by atoms with Gasteiger partial charge in [0.25, 0.3) is 0 Å². The van der Waals surface area contributed by atoms with E-state index in [-0.39, 0.29) is 4.83 Å². The molecule has 0 heterocycles. The Hall–Kier alpha value is -1.08. The number of benzene rings is 1. The fourth-order valence-electron chi connectivity index (χ4n) is 1.46. The lowest BCUT2D eigenvalue weighted by Gasteiger charge is -2.19. The van der Waals surface area contributed by atoms with Crippen molar-refractivity contribution in [3.8, 4) is 0 Å². The first kappa shape index (κ1) is 16.0. The van der Waals surface area contributed by atoms with Crippen molar-refractivity contribution in [2.75, 3.05) is 23.9 Å². The van der Waals surface area contributed by atoms with Crippen LogP contribution in [0.15, 0.2) is 24.3 Å². The molecule has 104 valence electrons. The summed E-state index contributed by atoms with van der Waals surface area (Å²) in [5.74, 6) is -1.10. The van der Waals surface area contributed by atoms with E-state index >= 15 is 0 Å². The summed E-state index contributed by atoms with van der Waals surface area (Å²) >= 11 is 6.84. The van der Waals surface area contributed by atoms with E-state index < -0.39 is 18.6 Å². The summed E-state index contributed by atoms with van der Waals surface area (Å²) in [5.41, 5.74) is 1.51. The van der Waals surface area contributed by atoms with Gasteiger partial charge < -0.3 is 9.84 Å². The van der Waals surface area contributed by atoms with Crippen molar-refractivity contribution in [2.45, 2.75) is 4.83 Å². The van der Waals surface area contributed by atoms with Gasteiger partial charge in [0.15, 0.2) is 0 Å². The van der Waals surface area contributed by atoms with Gasteiger partial charge >= 0.3 is 12.1 Å². The maximum absolute atomic E-state index is 11.5. The number of halogens is 2. The zero-order valence-electron chi connectivity index (χ0n) is 10.2. The number of aliphatic carboxylic acids is 1. The number of nitrogens with zero attached hydrogens (tertiary/aromatic N) is 1. The fraction of sp³-hybridized carbons (Fsp3) is 0.333. The Bertz CT molecular complexity index is 450. The molecule has 1 aromatic rings. The second-order valence-electron chi connectivity index (χ2n) is 3.66. The van der Waals surface area contributed by atoms with Gasteiger partial charge in [0, 0.05) is 15.8 Å². The van der Waals surface area contributed by atoms with Crippen LogP contribution < -0.4 is 4.90 Å². The highest BCUT2D eigenvalue weighted by molar-refractivity contribution is 9.12. The largest absolute Gasteiger partial charge is 0.480 e. The number of hydrogen-bond donors (Lipinski definition) is 1. The first-order valence-corrected chi connectivity index (χ1v) is 7.40. The van der Waals surface area contributed by atoms with Gasteiger partial charge in [0.05, 0.1) is 7.11 Å². The number of carbonyl (C=O) groups excluding carboxylic acids is 1. The van der Waals surface area contributed by atoms with Gasteiger partial charge in [0.2, 0.25) is 0 Å². The molecular weight excluding hydrogens is 382 g/mol. The van der Waals surface area contributed by atoms with Crippen LogP contribution in [0, 0.1) is 0 Å². The summed E-state index contributed by atoms with van der Waals surface area (Å²) in [4.78, 5) is 23.5. The molecule has 0 saturated heterocycles. The number of carboxylic acids is 1. The first-order chi connectivity index (χ1) is 8.99. The highest BCUT2D eigenvalue weighted by atomic mass is 79.9. The van der Waals surface area contributed by atoms with Crippen LogP contribution in [0.5, 0.6) is 0 Å².